The van der Waals surface area contributed by atoms with Gasteiger partial charge in [0, 0.05) is 6.07 Å². The molecule has 0 aliphatic carbocycles. The number of rotatable bonds is 6. The first kappa shape index (κ1) is 23.0. The average molecular weight is 474 g/mol. The van der Waals surface area contributed by atoms with Crippen LogP contribution in [-0.2, 0) is 10.1 Å². The molecule has 0 heterocycles. The predicted octanol–water partition coefficient (Wildman–Crippen LogP) is -0.419. The molecule has 6 N–H and O–H groups in total. The van der Waals surface area contributed by atoms with Crippen LogP contribution in [0.4, 0.5) is 22.7 Å². The van der Waals surface area contributed by atoms with Crippen LogP contribution in [0.3, 0.4) is 0 Å². The van der Waals surface area contributed by atoms with E-state index in [1.54, 1.807) is 0 Å². The minimum absolute atomic E-state index is 0.162. The van der Waals surface area contributed by atoms with Gasteiger partial charge in [0.2, 0.25) is 10.9 Å². The van der Waals surface area contributed by atoms with Gasteiger partial charge in [0.1, 0.15) is 16.8 Å². The molecule has 0 fully saturated rings. The lowest BCUT2D eigenvalue weighted by Gasteiger charge is -2.05. The Kier molecular flexibility index (Phi) is 6.18. The number of phenolic OH excluding ortho intramolecular Hbond substituents is 1. The number of nitrogens with zero attached hydrogens (tertiary/aromatic N) is 3. The second-order valence-corrected chi connectivity index (χ2v) is 7.81. The first-order chi connectivity index (χ1) is 15.5. The SMILES string of the molecule is Nc1cc(N/N=c2\c(=O)ccc(=NNc3cc(S(=O)(=O)O)ccc3O)c2=O)ccc1[N+](=O)[O-]. The number of nitro groups is 1. The molecule has 0 saturated heterocycles. The minimum Gasteiger partial charge on any atom is -0.506 e. The number of benzene rings is 3. The molecule has 0 amide bonds. The lowest BCUT2D eigenvalue weighted by atomic mass is 10.2. The van der Waals surface area contributed by atoms with E-state index in [-0.39, 0.29) is 28.1 Å². The summed E-state index contributed by atoms with van der Waals surface area (Å²) in [4.78, 5) is 34.2. The van der Waals surface area contributed by atoms with Gasteiger partial charge in [-0.1, -0.05) is 0 Å². The van der Waals surface area contributed by atoms with Gasteiger partial charge in [-0.3, -0.25) is 35.1 Å². The maximum Gasteiger partial charge on any atom is 0.294 e. The third-order valence-corrected chi connectivity index (χ3v) is 5.01. The van der Waals surface area contributed by atoms with Gasteiger partial charge in [-0.25, -0.2) is 0 Å². The summed E-state index contributed by atoms with van der Waals surface area (Å²) in [7, 11) is -4.56. The minimum atomic E-state index is -4.56. The van der Waals surface area contributed by atoms with Crippen LogP contribution in [0, 0.1) is 10.1 Å². The van der Waals surface area contributed by atoms with E-state index in [0.29, 0.717) is 0 Å². The van der Waals surface area contributed by atoms with Gasteiger partial charge >= 0.3 is 0 Å². The number of nitro benzene ring substituents is 1. The standard InChI is InChI=1S/C18H14N6O8S/c19-11-7-9(1-4-14(11)24(28)29)20-23-17-16(26)6-3-12(18(17)27)21-22-13-8-10(33(30,31)32)2-5-15(13)25/h1-8,20,22,25H,19H2,(H,30,31,32)/b21-12?,23-17+. The summed E-state index contributed by atoms with van der Waals surface area (Å²) in [6, 6.07) is 8.48. The fraction of sp³-hybridized carbons (Fsp3) is 0. The topological polar surface area (TPSA) is 227 Å². The summed E-state index contributed by atoms with van der Waals surface area (Å²) in [5.74, 6) is -0.429. The maximum absolute atomic E-state index is 12.6. The number of anilines is 3. The monoisotopic (exact) mass is 474 g/mol. The fourth-order valence-electron chi connectivity index (χ4n) is 2.53. The Morgan fingerprint density at radius 3 is 2.36 bits per heavy atom. The molecule has 3 rings (SSSR count). The van der Waals surface area contributed by atoms with Crippen molar-refractivity contribution in [3.8, 4) is 5.75 Å². The van der Waals surface area contributed by atoms with E-state index in [4.69, 9.17) is 10.3 Å². The van der Waals surface area contributed by atoms with E-state index in [1.807, 2.05) is 0 Å². The second-order valence-electron chi connectivity index (χ2n) is 6.39. The average Bonchev–Trinajstić information content (AvgIpc) is 2.73. The Morgan fingerprint density at radius 2 is 1.73 bits per heavy atom. The Hall–Kier alpha value is -4.63. The molecule has 0 bridgehead atoms. The molecule has 3 aromatic rings. The van der Waals surface area contributed by atoms with Crippen LogP contribution < -0.4 is 38.2 Å². The van der Waals surface area contributed by atoms with Gasteiger partial charge in [0.05, 0.1) is 21.2 Å². The molecule has 15 heteroatoms. The molecule has 14 nitrogen and oxygen atoms in total. The number of hydrogen-bond donors (Lipinski definition) is 5. The van der Waals surface area contributed by atoms with Crippen LogP contribution in [0.15, 0.2) is 73.2 Å². The van der Waals surface area contributed by atoms with Crippen LogP contribution in [0.1, 0.15) is 0 Å². The van der Waals surface area contributed by atoms with Gasteiger partial charge < -0.3 is 10.8 Å². The summed E-state index contributed by atoms with van der Waals surface area (Å²) >= 11 is 0. The summed E-state index contributed by atoms with van der Waals surface area (Å²) in [6.07, 6.45) is 0. The molecule has 0 unspecified atom stereocenters. The van der Waals surface area contributed by atoms with Crippen molar-refractivity contribution in [3.63, 3.8) is 0 Å². The lowest BCUT2D eigenvalue weighted by molar-refractivity contribution is -0.383. The van der Waals surface area contributed by atoms with Gasteiger partial charge in [0.15, 0.2) is 5.36 Å². The van der Waals surface area contributed by atoms with Crippen LogP contribution in [-0.4, -0.2) is 23.0 Å². The van der Waals surface area contributed by atoms with Crippen LogP contribution in [0.5, 0.6) is 5.75 Å². The summed E-state index contributed by atoms with van der Waals surface area (Å²) in [5.41, 5.74) is 8.04. The van der Waals surface area contributed by atoms with E-state index >= 15 is 0 Å². The Balaban J connectivity index is 1.97. The normalized spacial score (nSPS) is 12.5. The predicted molar refractivity (Wildman–Crippen MR) is 115 cm³/mol. The van der Waals surface area contributed by atoms with Crippen molar-refractivity contribution >= 4 is 32.9 Å². The third kappa shape index (κ3) is 5.17. The highest BCUT2D eigenvalue weighted by Gasteiger charge is 2.13. The Labute approximate surface area is 183 Å². The lowest BCUT2D eigenvalue weighted by Crippen LogP contribution is -2.47. The molecule has 170 valence electrons. The quantitative estimate of drug-likeness (QED) is 0.101. The molecule has 0 aliphatic heterocycles. The largest absolute Gasteiger partial charge is 0.506 e. The first-order valence-electron chi connectivity index (χ1n) is 8.76. The zero-order chi connectivity index (χ0) is 24.3. The molecule has 0 atom stereocenters. The molecular formula is C18H14N6O8S. The molecule has 33 heavy (non-hydrogen) atoms. The van der Waals surface area contributed by atoms with Crippen LogP contribution >= 0.6 is 0 Å². The molecule has 0 radical (unpaired) electrons. The van der Waals surface area contributed by atoms with E-state index in [9.17, 15) is 33.2 Å². The first-order valence-corrected chi connectivity index (χ1v) is 10.2. The number of nitrogen functional groups attached to an aromatic ring is 1. The third-order valence-electron chi connectivity index (χ3n) is 4.16. The highest BCUT2D eigenvalue weighted by molar-refractivity contribution is 7.85. The van der Waals surface area contributed by atoms with Gasteiger partial charge in [-0.05, 0) is 42.5 Å². The number of phenols is 1. The number of nitrogens with two attached hydrogens (primary N) is 1. The van der Waals surface area contributed by atoms with Crippen molar-refractivity contribution in [3.05, 3.63) is 89.8 Å². The number of nitrogens with one attached hydrogen (secondary N) is 2. The summed E-state index contributed by atoms with van der Waals surface area (Å²) in [5, 5.41) is 27.2. The second kappa shape index (κ2) is 8.85. The van der Waals surface area contributed by atoms with Gasteiger partial charge in [-0.15, -0.1) is 0 Å². The van der Waals surface area contributed by atoms with Crippen LogP contribution in [0.2, 0.25) is 0 Å². The van der Waals surface area contributed by atoms with Crippen molar-refractivity contribution in [2.45, 2.75) is 4.90 Å². The highest BCUT2D eigenvalue weighted by atomic mass is 32.2. The van der Waals surface area contributed by atoms with Crippen molar-refractivity contribution in [2.75, 3.05) is 16.6 Å². The van der Waals surface area contributed by atoms with Gasteiger partial charge in [0.25, 0.3) is 15.8 Å². The van der Waals surface area contributed by atoms with E-state index in [0.717, 1.165) is 36.4 Å². The molecule has 0 spiro atoms. The molecule has 0 aromatic heterocycles. The summed E-state index contributed by atoms with van der Waals surface area (Å²) in [6.45, 7) is 0. The molecule has 0 aliphatic rings. The van der Waals surface area contributed by atoms with Crippen molar-refractivity contribution < 1.29 is 23.0 Å². The Bertz CT molecular complexity index is 1590. The highest BCUT2D eigenvalue weighted by Crippen LogP contribution is 2.26. The number of aromatic hydroxyl groups is 1. The zero-order valence-corrected chi connectivity index (χ0v) is 17.1. The summed E-state index contributed by atoms with van der Waals surface area (Å²) < 4.78 is 31.6. The molecule has 3 aromatic carbocycles. The van der Waals surface area contributed by atoms with Crippen molar-refractivity contribution in [1.82, 2.24) is 0 Å². The Morgan fingerprint density at radius 1 is 1.00 bits per heavy atom. The van der Waals surface area contributed by atoms with E-state index in [1.165, 1.54) is 12.1 Å². The molecular weight excluding hydrogens is 460 g/mol. The van der Waals surface area contributed by atoms with Crippen LogP contribution in [0.25, 0.3) is 0 Å². The smallest absolute Gasteiger partial charge is 0.294 e. The zero-order valence-electron chi connectivity index (χ0n) is 16.3. The van der Waals surface area contributed by atoms with E-state index < -0.39 is 41.9 Å². The van der Waals surface area contributed by atoms with E-state index in [2.05, 4.69) is 21.1 Å². The van der Waals surface area contributed by atoms with Crippen molar-refractivity contribution in [1.29, 1.82) is 0 Å². The molecule has 0 saturated carbocycles. The van der Waals surface area contributed by atoms with Gasteiger partial charge in [-0.2, -0.15) is 18.6 Å². The van der Waals surface area contributed by atoms with Crippen molar-refractivity contribution in [2.24, 2.45) is 10.2 Å². The fourth-order valence-corrected chi connectivity index (χ4v) is 3.04. The number of hydrogen-bond acceptors (Lipinski definition) is 12. The maximum atomic E-state index is 12.6.